The molecule has 14 heteroatoms. The zero-order chi connectivity index (χ0) is 63.2. The third-order valence-corrected chi connectivity index (χ3v) is 16.8. The lowest BCUT2D eigenvalue weighted by Crippen LogP contribution is -2.17. The van der Waals surface area contributed by atoms with Crippen LogP contribution in [0.2, 0.25) is 0 Å². The van der Waals surface area contributed by atoms with Gasteiger partial charge in [0.2, 0.25) is 0 Å². The van der Waals surface area contributed by atoms with Crippen molar-refractivity contribution in [3.63, 3.8) is 0 Å². The van der Waals surface area contributed by atoms with Gasteiger partial charge in [-0.15, -0.1) is 0 Å². The number of aryl methyl sites for hydroxylation is 10. The number of aliphatic hydroxyl groups excluding tert-OH is 4. The molecule has 8 aromatic carbocycles. The Labute approximate surface area is 504 Å². The van der Waals surface area contributed by atoms with Crippen LogP contribution in [0.15, 0.2) is 97.1 Å². The van der Waals surface area contributed by atoms with Gasteiger partial charge in [-0.05, 0) is 205 Å². The van der Waals surface area contributed by atoms with E-state index in [1.54, 1.807) is 66.2 Å². The van der Waals surface area contributed by atoms with E-state index in [1.165, 1.54) is 0 Å². The number of phenolic OH excluding ortho intramolecular Hbond substituents is 4. The van der Waals surface area contributed by atoms with Crippen LogP contribution in [0.4, 0.5) is 0 Å². The molecule has 456 valence electrons. The molecule has 0 spiro atoms. The highest BCUT2D eigenvalue weighted by molar-refractivity contribution is 5.60. The number of benzene rings is 8. The molecule has 0 saturated heterocycles. The van der Waals surface area contributed by atoms with Crippen molar-refractivity contribution in [2.45, 2.75) is 145 Å². The lowest BCUT2D eigenvalue weighted by molar-refractivity contribution is 0.181. The summed E-state index contributed by atoms with van der Waals surface area (Å²) in [4.78, 5) is 0. The van der Waals surface area contributed by atoms with Gasteiger partial charge in [0, 0.05) is 71.3 Å². The van der Waals surface area contributed by atoms with Crippen molar-refractivity contribution in [2.75, 3.05) is 14.2 Å². The van der Waals surface area contributed by atoms with Crippen LogP contribution in [-0.4, -0.2) is 75.5 Å². The van der Waals surface area contributed by atoms with Crippen molar-refractivity contribution in [1.29, 1.82) is 0 Å². The molecule has 0 aromatic heterocycles. The fourth-order valence-corrected chi connectivity index (χ4v) is 12.4. The molecule has 8 aromatic rings. The summed E-state index contributed by atoms with van der Waals surface area (Å²) in [5.41, 5.74) is 16.4. The van der Waals surface area contributed by atoms with E-state index in [0.717, 1.165) is 55.6 Å². The second-order valence-electron chi connectivity index (χ2n) is 22.9. The molecule has 0 atom stereocenters. The Morgan fingerprint density at radius 2 is 0.407 bits per heavy atom. The number of hydrogen-bond donors (Lipinski definition) is 12. The van der Waals surface area contributed by atoms with Crippen molar-refractivity contribution >= 4 is 0 Å². The highest BCUT2D eigenvalue weighted by atomic mass is 16.5. The molecule has 0 bridgehead atoms. The van der Waals surface area contributed by atoms with Gasteiger partial charge in [-0.1, -0.05) is 74.5 Å². The number of rotatable bonds is 20. The van der Waals surface area contributed by atoms with Gasteiger partial charge in [0.05, 0.1) is 39.6 Å². The molecule has 86 heavy (non-hydrogen) atoms. The first-order valence-corrected chi connectivity index (χ1v) is 28.9. The predicted molar refractivity (Wildman–Crippen MR) is 334 cm³/mol. The molecular weight excluding hydrogens is 1090 g/mol. The molecule has 8 rings (SSSR count). The average Bonchev–Trinajstić information content (AvgIpc) is 0.916. The summed E-state index contributed by atoms with van der Waals surface area (Å²) in [6.07, 6.45) is 1.33. The lowest BCUT2D eigenvalue weighted by atomic mass is 9.71. The number of aromatic hydroxyl groups is 8. The van der Waals surface area contributed by atoms with E-state index in [2.05, 4.69) is 12.1 Å². The van der Waals surface area contributed by atoms with E-state index in [9.17, 15) is 61.3 Å². The Morgan fingerprint density at radius 1 is 0.256 bits per heavy atom. The number of aliphatic hydroxyl groups is 4. The van der Waals surface area contributed by atoms with E-state index in [0.29, 0.717) is 102 Å². The summed E-state index contributed by atoms with van der Waals surface area (Å²) in [5.74, 6) is -0.782. The second-order valence-corrected chi connectivity index (χ2v) is 22.9. The van der Waals surface area contributed by atoms with Crippen molar-refractivity contribution < 1.29 is 70.8 Å². The number of phenols is 8. The summed E-state index contributed by atoms with van der Waals surface area (Å²) >= 11 is 0. The first-order valence-electron chi connectivity index (χ1n) is 28.9. The first kappa shape index (κ1) is 65.5. The van der Waals surface area contributed by atoms with Crippen LogP contribution >= 0.6 is 0 Å². The Kier molecular flexibility index (Phi) is 21.3. The van der Waals surface area contributed by atoms with Gasteiger partial charge in [-0.25, -0.2) is 0 Å². The summed E-state index contributed by atoms with van der Waals surface area (Å²) in [5, 5.41) is 127. The molecule has 0 radical (unpaired) electrons. The minimum Gasteiger partial charge on any atom is -0.507 e. The molecule has 0 saturated carbocycles. The largest absolute Gasteiger partial charge is 0.507 e. The lowest BCUT2D eigenvalue weighted by Gasteiger charge is -2.32. The highest BCUT2D eigenvalue weighted by Gasteiger charge is 2.35. The Balaban J connectivity index is 0.000000246. The average molecular weight is 1170 g/mol. The summed E-state index contributed by atoms with van der Waals surface area (Å²) in [7, 11) is 3.22. The quantitative estimate of drug-likeness (QED) is 0.0339. The highest BCUT2D eigenvalue weighted by Crippen LogP contribution is 2.50. The number of hydrogen-bond acceptors (Lipinski definition) is 14. The normalized spacial score (nSPS) is 11.6. The predicted octanol–water partition coefficient (Wildman–Crippen LogP) is 12.8. The molecule has 0 fully saturated rings. The van der Waals surface area contributed by atoms with Crippen LogP contribution < -0.4 is 0 Å². The van der Waals surface area contributed by atoms with E-state index in [4.69, 9.17) is 9.47 Å². The summed E-state index contributed by atoms with van der Waals surface area (Å²) in [6, 6.07) is 30.4. The van der Waals surface area contributed by atoms with Gasteiger partial charge in [-0.2, -0.15) is 0 Å². The molecule has 0 aliphatic carbocycles. The maximum atomic E-state index is 11.0. The van der Waals surface area contributed by atoms with Crippen molar-refractivity contribution in [2.24, 2.45) is 0 Å². The van der Waals surface area contributed by atoms with Gasteiger partial charge in [0.25, 0.3) is 0 Å². The van der Waals surface area contributed by atoms with Crippen LogP contribution in [0, 0.1) is 55.4 Å². The van der Waals surface area contributed by atoms with E-state index >= 15 is 0 Å². The minimum atomic E-state index is -0.565. The fourth-order valence-electron chi connectivity index (χ4n) is 12.4. The van der Waals surface area contributed by atoms with Crippen LogP contribution in [0.1, 0.15) is 171 Å². The summed E-state index contributed by atoms with van der Waals surface area (Å²) in [6.45, 7) is 17.5. The number of methoxy groups -OCH3 is 2. The first-order chi connectivity index (χ1) is 40.9. The Morgan fingerprint density at radius 3 is 0.570 bits per heavy atom. The van der Waals surface area contributed by atoms with E-state index < -0.39 is 38.3 Å². The van der Waals surface area contributed by atoms with Gasteiger partial charge >= 0.3 is 0 Å². The SMILES string of the molecule is CCc1cc(C(c2cc(C)c(O)c(CC)c2)C(c2cc(C)c(O)c(COC)c2)c2cc(C)c(O)c(COC)c2)cc(C)c1O.Cc1cc(C(c2cc(C)c(O)c(CO)c2)C(c2cc(C)c(O)c(CO)c2)c2cc(C)c(O)c(CO)c2)cc(CO)c1O. The molecule has 12 N–H and O–H groups in total. The third-order valence-electron chi connectivity index (χ3n) is 16.8. The van der Waals surface area contributed by atoms with Gasteiger partial charge < -0.3 is 70.8 Å². The van der Waals surface area contributed by atoms with E-state index in [1.807, 2.05) is 102 Å². The zero-order valence-corrected chi connectivity index (χ0v) is 51.4. The van der Waals surface area contributed by atoms with Crippen molar-refractivity contribution in [3.8, 4) is 46.0 Å². The van der Waals surface area contributed by atoms with Crippen LogP contribution in [0.3, 0.4) is 0 Å². The Bertz CT molecular complexity index is 3410. The van der Waals surface area contributed by atoms with Crippen molar-refractivity contribution in [1.82, 2.24) is 0 Å². The maximum absolute atomic E-state index is 11.0. The third kappa shape index (κ3) is 13.5. The molecule has 0 heterocycles. The molecule has 0 unspecified atom stereocenters. The summed E-state index contributed by atoms with van der Waals surface area (Å²) < 4.78 is 10.9. The van der Waals surface area contributed by atoms with Gasteiger partial charge in [-0.3, -0.25) is 0 Å². The molecule has 0 aliphatic rings. The van der Waals surface area contributed by atoms with E-state index in [-0.39, 0.29) is 59.5 Å². The molecule has 0 amide bonds. The van der Waals surface area contributed by atoms with Crippen LogP contribution in [-0.2, 0) is 62.0 Å². The standard InChI is InChI=1S/C38H46O6.C34H38O8/c1-9-25-15-27(11-21(3)35(25)39)33(28-12-22(4)36(40)26(10-2)16-28)34(29-13-23(5)37(41)31(17-29)19-43-7)30-14-24(6)38(42)32(18-30)20-44-8;1-17-5-21(9-25(13-35)31(17)39)29(22-6-18(2)32(40)26(10-22)14-36)30(23-7-19(3)33(41)27(11-23)15-37)24-8-20(4)34(42)28(12-24)16-38/h11-18,33-34,39-42H,9-10,19-20H2,1-8H3;5-12,29-30,35-42H,13-16H2,1-4H3. The topological polar surface area (TPSA) is 261 Å². The smallest absolute Gasteiger partial charge is 0.124 e. The maximum Gasteiger partial charge on any atom is 0.124 e. The zero-order valence-electron chi connectivity index (χ0n) is 51.4. The number of ether oxygens (including phenoxy) is 2. The Hall–Kier alpha value is -8.08. The van der Waals surface area contributed by atoms with Crippen molar-refractivity contribution in [3.05, 3.63) is 231 Å². The van der Waals surface area contributed by atoms with Gasteiger partial charge in [0.1, 0.15) is 46.0 Å². The fraction of sp³-hybridized carbons (Fsp3) is 0.333. The minimum absolute atomic E-state index is 0.0272. The molecule has 14 nitrogen and oxygen atoms in total. The van der Waals surface area contributed by atoms with Crippen LogP contribution in [0.25, 0.3) is 0 Å². The molecular formula is C72H84O14. The van der Waals surface area contributed by atoms with Crippen LogP contribution in [0.5, 0.6) is 46.0 Å². The second kappa shape index (κ2) is 28.0. The molecule has 0 aliphatic heterocycles. The monoisotopic (exact) mass is 1170 g/mol. The van der Waals surface area contributed by atoms with Gasteiger partial charge in [0.15, 0.2) is 0 Å².